The van der Waals surface area contributed by atoms with Gasteiger partial charge in [0.05, 0.1) is 11.4 Å². The van der Waals surface area contributed by atoms with Crippen LogP contribution in [-0.2, 0) is 11.2 Å². The number of alkyl halides is 3. The summed E-state index contributed by atoms with van der Waals surface area (Å²) in [6.07, 6.45) is -1.81. The average molecular weight is 489 g/mol. The van der Waals surface area contributed by atoms with Crippen LogP contribution in [0.25, 0.3) is 11.3 Å². The van der Waals surface area contributed by atoms with Crippen LogP contribution in [-0.4, -0.2) is 56.6 Å². The van der Waals surface area contributed by atoms with E-state index in [0.29, 0.717) is 37.1 Å². The fraction of sp³-hybridized carbons (Fsp3) is 0.462. The first-order valence-electron chi connectivity index (χ1n) is 11.5. The Balaban J connectivity index is 1.79. The molecule has 0 radical (unpaired) electrons. The normalized spacial score (nSPS) is 19.7. The van der Waals surface area contributed by atoms with Crippen molar-refractivity contribution in [1.82, 2.24) is 20.1 Å². The van der Waals surface area contributed by atoms with E-state index in [-0.39, 0.29) is 5.69 Å². The molecule has 0 unspecified atom stereocenters. The number of likely N-dealkylation sites (tertiary alicyclic amines) is 1. The Morgan fingerprint density at radius 2 is 1.66 bits per heavy atom. The van der Waals surface area contributed by atoms with Gasteiger partial charge >= 0.3 is 6.18 Å². The lowest BCUT2D eigenvalue weighted by Gasteiger charge is -2.55. The van der Waals surface area contributed by atoms with Crippen molar-refractivity contribution < 1.29 is 23.4 Å². The fourth-order valence-electron chi connectivity index (χ4n) is 5.00. The number of nitrogens with zero attached hydrogens (tertiary/aromatic N) is 3. The fourth-order valence-corrected chi connectivity index (χ4v) is 5.00. The number of aromatic nitrogens is 3. The van der Waals surface area contributed by atoms with Gasteiger partial charge in [0, 0.05) is 42.0 Å². The average Bonchev–Trinajstić information content (AvgIpc) is 3.28. The summed E-state index contributed by atoms with van der Waals surface area (Å²) < 4.78 is 39.8. The van der Waals surface area contributed by atoms with Gasteiger partial charge in [0.25, 0.3) is 0 Å². The van der Waals surface area contributed by atoms with Crippen LogP contribution in [0.3, 0.4) is 0 Å². The van der Waals surface area contributed by atoms with E-state index in [1.807, 2.05) is 38.2 Å². The number of H-pyrrole nitrogens is 1. The number of rotatable bonds is 6. The number of hydrogen-bond acceptors (Lipinski definition) is 5. The van der Waals surface area contributed by atoms with Gasteiger partial charge in [-0.2, -0.15) is 18.3 Å². The standard InChI is InChI=1S/C26H31F3N4O2/c1-16(2)17-6-8-19(9-7-17)25(35,23(3)14-33(5)15-23)20-10-18(12-30-13-20)21-11-22(32-31-21)24(4,34)26(27,28)29/h6-13,16,34-35H,14-15H2,1-5H3,(H,31,32)/t24-,25+/m1/s1. The Morgan fingerprint density at radius 1 is 1.03 bits per heavy atom. The molecule has 0 aliphatic carbocycles. The van der Waals surface area contributed by atoms with Crippen LogP contribution in [0.4, 0.5) is 13.2 Å². The SMILES string of the molecule is CC(C)c1ccc([C@](O)(c2cncc(-c3cc([C@@](C)(O)C(F)(F)F)[nH]n3)c2)C2(C)CN(C)C2)cc1. The third kappa shape index (κ3) is 4.15. The number of aromatic amines is 1. The number of halogens is 3. The molecule has 35 heavy (non-hydrogen) atoms. The molecule has 1 fully saturated rings. The van der Waals surface area contributed by atoms with E-state index in [9.17, 15) is 23.4 Å². The molecule has 0 spiro atoms. The van der Waals surface area contributed by atoms with E-state index in [2.05, 4.69) is 33.9 Å². The van der Waals surface area contributed by atoms with Crippen LogP contribution in [0, 0.1) is 5.41 Å². The molecule has 1 saturated heterocycles. The molecule has 0 bridgehead atoms. The summed E-state index contributed by atoms with van der Waals surface area (Å²) in [5.41, 5.74) is -2.45. The summed E-state index contributed by atoms with van der Waals surface area (Å²) >= 11 is 0. The zero-order valence-corrected chi connectivity index (χ0v) is 20.5. The topological polar surface area (TPSA) is 85.3 Å². The van der Waals surface area contributed by atoms with Crippen LogP contribution in [0.1, 0.15) is 56.0 Å². The molecule has 188 valence electrons. The number of pyridine rings is 1. The molecule has 4 rings (SSSR count). The molecular weight excluding hydrogens is 457 g/mol. The summed E-state index contributed by atoms with van der Waals surface area (Å²) in [6.45, 7) is 8.20. The van der Waals surface area contributed by atoms with Gasteiger partial charge in [-0.25, -0.2) is 0 Å². The summed E-state index contributed by atoms with van der Waals surface area (Å²) in [5.74, 6) is 0.343. The smallest absolute Gasteiger partial charge is 0.380 e. The zero-order valence-electron chi connectivity index (χ0n) is 20.5. The molecule has 1 aliphatic heterocycles. The number of nitrogens with one attached hydrogen (secondary N) is 1. The molecule has 3 heterocycles. The van der Waals surface area contributed by atoms with E-state index < -0.39 is 28.5 Å². The molecule has 2 aromatic heterocycles. The first-order chi connectivity index (χ1) is 16.2. The lowest BCUT2D eigenvalue weighted by atomic mass is 9.62. The van der Waals surface area contributed by atoms with Gasteiger partial charge in [0.15, 0.2) is 5.60 Å². The molecule has 3 N–H and O–H groups in total. The maximum atomic E-state index is 13.3. The van der Waals surface area contributed by atoms with Gasteiger partial charge in [0.2, 0.25) is 0 Å². The van der Waals surface area contributed by atoms with Crippen molar-refractivity contribution in [1.29, 1.82) is 0 Å². The van der Waals surface area contributed by atoms with E-state index in [1.165, 1.54) is 6.20 Å². The van der Waals surface area contributed by atoms with Crippen LogP contribution < -0.4 is 0 Å². The lowest BCUT2D eigenvalue weighted by molar-refractivity contribution is -0.260. The number of aliphatic hydroxyl groups is 2. The molecule has 0 amide bonds. The molecule has 2 atom stereocenters. The molecule has 1 aliphatic rings. The summed E-state index contributed by atoms with van der Waals surface area (Å²) in [6, 6.07) is 10.7. The summed E-state index contributed by atoms with van der Waals surface area (Å²) in [5, 5.41) is 28.6. The highest BCUT2D eigenvalue weighted by atomic mass is 19.4. The molecule has 3 aromatic rings. The largest absolute Gasteiger partial charge is 0.422 e. The minimum atomic E-state index is -4.87. The lowest BCUT2D eigenvalue weighted by Crippen LogP contribution is -2.63. The maximum absolute atomic E-state index is 13.3. The van der Waals surface area contributed by atoms with Gasteiger partial charge in [0.1, 0.15) is 5.60 Å². The maximum Gasteiger partial charge on any atom is 0.422 e. The van der Waals surface area contributed by atoms with Crippen molar-refractivity contribution >= 4 is 0 Å². The quantitative estimate of drug-likeness (QED) is 0.474. The summed E-state index contributed by atoms with van der Waals surface area (Å²) in [7, 11) is 1.98. The Hall–Kier alpha value is -2.75. The van der Waals surface area contributed by atoms with Crippen molar-refractivity contribution in [2.24, 2.45) is 5.41 Å². The van der Waals surface area contributed by atoms with Gasteiger partial charge in [-0.15, -0.1) is 0 Å². The number of hydrogen-bond donors (Lipinski definition) is 3. The van der Waals surface area contributed by atoms with Crippen molar-refractivity contribution in [3.05, 3.63) is 71.2 Å². The second-order valence-corrected chi connectivity index (χ2v) is 10.4. The first kappa shape index (κ1) is 25.3. The Morgan fingerprint density at radius 3 is 2.20 bits per heavy atom. The number of benzene rings is 1. The Bertz CT molecular complexity index is 1200. The molecule has 6 nitrogen and oxygen atoms in total. The van der Waals surface area contributed by atoms with Crippen molar-refractivity contribution in [2.45, 2.75) is 51.0 Å². The van der Waals surface area contributed by atoms with Crippen LogP contribution in [0.5, 0.6) is 0 Å². The molecular formula is C26H31F3N4O2. The second kappa shape index (κ2) is 8.43. The van der Waals surface area contributed by atoms with E-state index in [4.69, 9.17) is 0 Å². The highest BCUT2D eigenvalue weighted by Gasteiger charge is 2.55. The van der Waals surface area contributed by atoms with Crippen molar-refractivity contribution in [2.75, 3.05) is 20.1 Å². The van der Waals surface area contributed by atoms with Crippen molar-refractivity contribution in [3.8, 4) is 11.3 Å². The minimum Gasteiger partial charge on any atom is -0.380 e. The van der Waals surface area contributed by atoms with Gasteiger partial charge in [-0.3, -0.25) is 10.1 Å². The highest BCUT2D eigenvalue weighted by Crippen LogP contribution is 2.50. The third-order valence-corrected chi connectivity index (χ3v) is 7.21. The van der Waals surface area contributed by atoms with Gasteiger partial charge in [-0.1, -0.05) is 45.0 Å². The minimum absolute atomic E-state index is 0.187. The first-order valence-corrected chi connectivity index (χ1v) is 11.5. The van der Waals surface area contributed by atoms with E-state index in [1.54, 1.807) is 12.3 Å². The van der Waals surface area contributed by atoms with Gasteiger partial charge in [-0.05, 0) is 43.1 Å². The van der Waals surface area contributed by atoms with Crippen LogP contribution in [0.15, 0.2) is 48.8 Å². The van der Waals surface area contributed by atoms with Gasteiger partial charge < -0.3 is 15.1 Å². The predicted molar refractivity (Wildman–Crippen MR) is 127 cm³/mol. The second-order valence-electron chi connectivity index (χ2n) is 10.4. The zero-order chi connectivity index (χ0) is 25.8. The monoisotopic (exact) mass is 488 g/mol. The Labute approximate surface area is 202 Å². The predicted octanol–water partition coefficient (Wildman–Crippen LogP) is 4.55. The highest BCUT2D eigenvalue weighted by molar-refractivity contribution is 5.60. The van der Waals surface area contributed by atoms with Crippen LogP contribution >= 0.6 is 0 Å². The summed E-state index contributed by atoms with van der Waals surface area (Å²) in [4.78, 5) is 6.41. The third-order valence-electron chi connectivity index (χ3n) is 7.21. The van der Waals surface area contributed by atoms with E-state index >= 15 is 0 Å². The Kier molecular flexibility index (Phi) is 6.10. The van der Waals surface area contributed by atoms with Crippen LogP contribution in [0.2, 0.25) is 0 Å². The molecule has 1 aromatic carbocycles. The van der Waals surface area contributed by atoms with Crippen molar-refractivity contribution in [3.63, 3.8) is 0 Å². The van der Waals surface area contributed by atoms with E-state index in [0.717, 1.165) is 17.2 Å². The molecule has 9 heteroatoms. The molecule has 0 saturated carbocycles.